The van der Waals surface area contributed by atoms with E-state index in [1.165, 1.54) is 18.9 Å². The van der Waals surface area contributed by atoms with Gasteiger partial charge in [0.25, 0.3) is 5.91 Å². The third kappa shape index (κ3) is 5.56. The van der Waals surface area contributed by atoms with Crippen molar-refractivity contribution in [2.45, 2.75) is 12.1 Å². The summed E-state index contributed by atoms with van der Waals surface area (Å²) in [5.41, 5.74) is 7.34. The predicted octanol–water partition coefficient (Wildman–Crippen LogP) is 3.22. The predicted molar refractivity (Wildman–Crippen MR) is 120 cm³/mol. The van der Waals surface area contributed by atoms with Crippen LogP contribution in [0.15, 0.2) is 23.4 Å². The standard InChI is InChI=1S/C19H19ClN4O5S2/c1-9-14(18(27)29-6-5-28-2)17(31-15(9)16(21)26)24-13(25)8-30-19-22-11-4-3-10(20)7-12(11)23-19/h3-4,7H,5-6,8H2,1-2H3,(H2,21,26)(H,22,23)(H,24,25). The minimum atomic E-state index is -0.691. The van der Waals surface area contributed by atoms with E-state index < -0.39 is 11.9 Å². The monoisotopic (exact) mass is 482 g/mol. The summed E-state index contributed by atoms with van der Waals surface area (Å²) >= 11 is 8.09. The number of thiophene rings is 1. The molecule has 0 spiro atoms. The van der Waals surface area contributed by atoms with Gasteiger partial charge in [0.05, 0.1) is 33.8 Å². The van der Waals surface area contributed by atoms with Crippen molar-refractivity contribution in [3.63, 3.8) is 0 Å². The average Bonchev–Trinajstić information content (AvgIpc) is 3.26. The molecule has 4 N–H and O–H groups in total. The highest BCUT2D eigenvalue weighted by molar-refractivity contribution is 7.99. The van der Waals surface area contributed by atoms with Crippen molar-refractivity contribution in [1.82, 2.24) is 9.97 Å². The van der Waals surface area contributed by atoms with Crippen LogP contribution in [-0.2, 0) is 14.3 Å². The van der Waals surface area contributed by atoms with Crippen molar-refractivity contribution >= 4 is 68.5 Å². The van der Waals surface area contributed by atoms with Gasteiger partial charge in [0, 0.05) is 12.1 Å². The second-order valence-electron chi connectivity index (χ2n) is 6.29. The summed E-state index contributed by atoms with van der Waals surface area (Å²) in [4.78, 5) is 44.3. The van der Waals surface area contributed by atoms with Gasteiger partial charge in [-0.2, -0.15) is 0 Å². The number of carbonyl (C=O) groups excluding carboxylic acids is 3. The molecule has 2 aromatic heterocycles. The van der Waals surface area contributed by atoms with Gasteiger partial charge in [-0.3, -0.25) is 9.59 Å². The number of primary amides is 1. The number of thioether (sulfide) groups is 1. The van der Waals surface area contributed by atoms with Gasteiger partial charge in [0.1, 0.15) is 11.6 Å². The first-order chi connectivity index (χ1) is 14.8. The lowest BCUT2D eigenvalue weighted by atomic mass is 10.1. The second-order valence-corrected chi connectivity index (χ2v) is 8.71. The molecule has 0 atom stereocenters. The summed E-state index contributed by atoms with van der Waals surface area (Å²) in [6, 6.07) is 5.25. The van der Waals surface area contributed by atoms with E-state index >= 15 is 0 Å². The van der Waals surface area contributed by atoms with Crippen molar-refractivity contribution < 1.29 is 23.9 Å². The summed E-state index contributed by atoms with van der Waals surface area (Å²) in [5, 5.41) is 4.00. The van der Waals surface area contributed by atoms with E-state index in [1.807, 2.05) is 0 Å². The molecule has 31 heavy (non-hydrogen) atoms. The summed E-state index contributed by atoms with van der Waals surface area (Å²) in [7, 11) is 1.48. The maximum atomic E-state index is 12.5. The fraction of sp³-hybridized carbons (Fsp3) is 0.263. The Bertz CT molecular complexity index is 1140. The maximum Gasteiger partial charge on any atom is 0.341 e. The summed E-state index contributed by atoms with van der Waals surface area (Å²) < 4.78 is 10.0. The van der Waals surface area contributed by atoms with Crippen LogP contribution in [0.25, 0.3) is 11.0 Å². The Labute approximate surface area is 190 Å². The first kappa shape index (κ1) is 23.1. The van der Waals surface area contributed by atoms with E-state index in [9.17, 15) is 14.4 Å². The third-order valence-corrected chi connectivity index (χ3v) is 6.44. The van der Waals surface area contributed by atoms with Crippen molar-refractivity contribution in [3.8, 4) is 0 Å². The minimum Gasteiger partial charge on any atom is -0.460 e. The van der Waals surface area contributed by atoms with Crippen LogP contribution in [0.1, 0.15) is 25.6 Å². The number of methoxy groups -OCH3 is 1. The number of carbonyl (C=O) groups is 3. The normalized spacial score (nSPS) is 10.9. The van der Waals surface area contributed by atoms with Crippen molar-refractivity contribution in [1.29, 1.82) is 0 Å². The highest BCUT2D eigenvalue weighted by atomic mass is 35.5. The highest BCUT2D eigenvalue weighted by Gasteiger charge is 2.26. The summed E-state index contributed by atoms with van der Waals surface area (Å²) in [6.45, 7) is 1.84. The molecule has 0 aliphatic carbocycles. The third-order valence-electron chi connectivity index (χ3n) is 4.11. The number of anilines is 1. The van der Waals surface area contributed by atoms with E-state index in [2.05, 4.69) is 15.3 Å². The first-order valence-electron chi connectivity index (χ1n) is 8.97. The van der Waals surface area contributed by atoms with E-state index in [4.69, 9.17) is 26.8 Å². The lowest BCUT2D eigenvalue weighted by Gasteiger charge is -2.07. The number of benzene rings is 1. The molecule has 0 radical (unpaired) electrons. The van der Waals surface area contributed by atoms with E-state index in [1.54, 1.807) is 25.1 Å². The van der Waals surface area contributed by atoms with Gasteiger partial charge in [-0.1, -0.05) is 23.4 Å². The zero-order valence-corrected chi connectivity index (χ0v) is 19.0. The van der Waals surface area contributed by atoms with Crippen LogP contribution in [0, 0.1) is 6.92 Å². The number of hydrogen-bond acceptors (Lipinski definition) is 8. The number of rotatable bonds is 9. The van der Waals surface area contributed by atoms with Crippen LogP contribution in [0.3, 0.4) is 0 Å². The van der Waals surface area contributed by atoms with Gasteiger partial charge >= 0.3 is 5.97 Å². The number of imidazole rings is 1. The van der Waals surface area contributed by atoms with Crippen LogP contribution in [0.5, 0.6) is 0 Å². The zero-order valence-electron chi connectivity index (χ0n) is 16.6. The Hall–Kier alpha value is -2.60. The smallest absolute Gasteiger partial charge is 0.341 e. The van der Waals surface area contributed by atoms with Gasteiger partial charge in [-0.25, -0.2) is 9.78 Å². The van der Waals surface area contributed by atoms with E-state index in [0.29, 0.717) is 15.7 Å². The molecule has 2 amide bonds. The number of amides is 2. The summed E-state index contributed by atoms with van der Waals surface area (Å²) in [6.07, 6.45) is 0. The van der Waals surface area contributed by atoms with Gasteiger partial charge < -0.3 is 25.5 Å². The highest BCUT2D eigenvalue weighted by Crippen LogP contribution is 2.34. The van der Waals surface area contributed by atoms with E-state index in [-0.39, 0.29) is 40.3 Å². The summed E-state index contributed by atoms with van der Waals surface area (Å²) in [5.74, 6) is -1.72. The Morgan fingerprint density at radius 1 is 1.32 bits per heavy atom. The van der Waals surface area contributed by atoms with Crippen LogP contribution >= 0.6 is 34.7 Å². The average molecular weight is 483 g/mol. The lowest BCUT2D eigenvalue weighted by molar-refractivity contribution is -0.113. The molecule has 0 bridgehead atoms. The molecule has 0 fully saturated rings. The topological polar surface area (TPSA) is 136 Å². The SMILES string of the molecule is COCCOC(=O)c1c(NC(=O)CSc2nc3ccc(Cl)cc3[nH]2)sc(C(N)=O)c1C. The van der Waals surface area contributed by atoms with Crippen LogP contribution in [0.4, 0.5) is 5.00 Å². The fourth-order valence-corrected chi connectivity index (χ4v) is 4.62. The molecule has 0 unspecified atom stereocenters. The van der Waals surface area contributed by atoms with E-state index in [0.717, 1.165) is 22.4 Å². The number of aromatic amines is 1. The van der Waals surface area contributed by atoms with Crippen LogP contribution in [0.2, 0.25) is 5.02 Å². The molecule has 0 aliphatic rings. The molecular weight excluding hydrogens is 464 g/mol. The number of nitrogens with zero attached hydrogens (tertiary/aromatic N) is 1. The molecule has 0 saturated carbocycles. The quantitative estimate of drug-likeness (QED) is 0.242. The zero-order chi connectivity index (χ0) is 22.5. The molecule has 0 aliphatic heterocycles. The largest absolute Gasteiger partial charge is 0.460 e. The molecule has 1 aromatic carbocycles. The molecule has 3 aromatic rings. The van der Waals surface area contributed by atoms with Crippen molar-refractivity contribution in [2.24, 2.45) is 5.73 Å². The molecule has 3 rings (SSSR count). The van der Waals surface area contributed by atoms with Crippen molar-refractivity contribution in [2.75, 3.05) is 31.4 Å². The Morgan fingerprint density at radius 3 is 2.81 bits per heavy atom. The van der Waals surface area contributed by atoms with Crippen molar-refractivity contribution in [3.05, 3.63) is 39.2 Å². The lowest BCUT2D eigenvalue weighted by Crippen LogP contribution is -2.17. The van der Waals surface area contributed by atoms with Crippen LogP contribution < -0.4 is 11.1 Å². The number of halogens is 1. The minimum absolute atomic E-state index is 0.0224. The number of H-pyrrole nitrogens is 1. The van der Waals surface area contributed by atoms with Gasteiger partial charge in [-0.15, -0.1) is 11.3 Å². The number of nitrogens with one attached hydrogen (secondary N) is 2. The maximum absolute atomic E-state index is 12.5. The second kappa shape index (κ2) is 10.1. The Kier molecular flexibility index (Phi) is 7.55. The number of ether oxygens (including phenoxy) is 2. The molecule has 0 saturated heterocycles. The molecule has 2 heterocycles. The van der Waals surface area contributed by atoms with Crippen LogP contribution in [-0.4, -0.2) is 53.8 Å². The molecule has 164 valence electrons. The first-order valence-corrected chi connectivity index (χ1v) is 11.1. The number of fused-ring (bicyclic) bond motifs is 1. The van der Waals surface area contributed by atoms with Gasteiger partial charge in [-0.05, 0) is 30.7 Å². The molecule has 12 heteroatoms. The Morgan fingerprint density at radius 2 is 2.10 bits per heavy atom. The molecular formula is C19H19ClN4O5S2. The number of esters is 1. The van der Waals surface area contributed by atoms with Gasteiger partial charge in [0.2, 0.25) is 5.91 Å². The number of aromatic nitrogens is 2. The Balaban J connectivity index is 1.72. The fourth-order valence-electron chi connectivity index (χ4n) is 2.70. The number of hydrogen-bond donors (Lipinski definition) is 3. The van der Waals surface area contributed by atoms with Gasteiger partial charge in [0.15, 0.2) is 5.16 Å². The number of nitrogens with two attached hydrogens (primary N) is 1. The molecule has 9 nitrogen and oxygen atoms in total.